The van der Waals surface area contributed by atoms with Crippen LogP contribution in [0.15, 0.2) is 60.9 Å². The van der Waals surface area contributed by atoms with Crippen molar-refractivity contribution in [2.24, 2.45) is 0 Å². The van der Waals surface area contributed by atoms with E-state index in [-0.39, 0.29) is 5.56 Å². The van der Waals surface area contributed by atoms with Crippen LogP contribution in [0, 0.1) is 0 Å². The van der Waals surface area contributed by atoms with E-state index in [9.17, 15) is 13.2 Å². The fourth-order valence-corrected chi connectivity index (χ4v) is 3.48. The second-order valence-electron chi connectivity index (χ2n) is 6.90. The number of nitrogens with zero attached hydrogens (tertiary/aromatic N) is 2. The van der Waals surface area contributed by atoms with Crippen LogP contribution in [0.2, 0.25) is 0 Å². The molecule has 1 atom stereocenters. The summed E-state index contributed by atoms with van der Waals surface area (Å²) in [7, 11) is 1.82. The second-order valence-corrected chi connectivity index (χ2v) is 6.90. The van der Waals surface area contributed by atoms with Crippen LogP contribution >= 0.6 is 0 Å². The minimum Gasteiger partial charge on any atom is -0.363 e. The zero-order valence-electron chi connectivity index (χ0n) is 16.0. The molecule has 0 aliphatic carbocycles. The third kappa shape index (κ3) is 4.38. The van der Waals surface area contributed by atoms with E-state index in [0.29, 0.717) is 5.56 Å². The van der Waals surface area contributed by atoms with Crippen LogP contribution in [0.3, 0.4) is 0 Å². The maximum absolute atomic E-state index is 13.7. The molecule has 1 heterocycles. The first-order valence-electron chi connectivity index (χ1n) is 9.38. The van der Waals surface area contributed by atoms with Crippen molar-refractivity contribution in [2.75, 3.05) is 11.9 Å². The lowest BCUT2D eigenvalue weighted by molar-refractivity contribution is -0.138. The van der Waals surface area contributed by atoms with Crippen molar-refractivity contribution in [2.45, 2.75) is 38.4 Å². The molecule has 0 radical (unpaired) electrons. The van der Waals surface area contributed by atoms with Gasteiger partial charge in [-0.1, -0.05) is 43.7 Å². The lowest BCUT2D eigenvalue weighted by Crippen LogP contribution is -2.27. The number of aromatic amines is 1. The maximum atomic E-state index is 13.7. The van der Waals surface area contributed by atoms with Crippen molar-refractivity contribution in [1.29, 1.82) is 0 Å². The number of alkyl halides is 3. The second kappa shape index (κ2) is 8.50. The molecule has 28 heavy (non-hydrogen) atoms. The number of halogens is 3. The smallest absolute Gasteiger partial charge is 0.363 e. The molecule has 0 saturated heterocycles. The summed E-state index contributed by atoms with van der Waals surface area (Å²) >= 11 is 0. The summed E-state index contributed by atoms with van der Waals surface area (Å²) < 4.78 is 41.0. The SMILES string of the molecule is CCCCc1cccc(N(C)C(c2cn[nH]c2)c2ccccc2C(F)(F)F)c1. The molecule has 0 aliphatic rings. The van der Waals surface area contributed by atoms with Gasteiger partial charge in [0.1, 0.15) is 0 Å². The zero-order valence-corrected chi connectivity index (χ0v) is 16.0. The van der Waals surface area contributed by atoms with Crippen molar-refractivity contribution < 1.29 is 13.2 Å². The predicted molar refractivity (Wildman–Crippen MR) is 105 cm³/mol. The summed E-state index contributed by atoms with van der Waals surface area (Å²) in [5, 5.41) is 6.69. The molecule has 0 amide bonds. The van der Waals surface area contributed by atoms with Gasteiger partial charge in [-0.25, -0.2) is 0 Å². The fourth-order valence-electron chi connectivity index (χ4n) is 3.48. The number of unbranched alkanes of at least 4 members (excludes halogenated alkanes) is 1. The van der Waals surface area contributed by atoms with E-state index in [0.717, 1.165) is 31.0 Å². The molecular weight excluding hydrogens is 363 g/mol. The highest BCUT2D eigenvalue weighted by atomic mass is 19.4. The summed E-state index contributed by atoms with van der Waals surface area (Å²) in [4.78, 5) is 1.88. The number of H-pyrrole nitrogens is 1. The molecule has 3 aromatic rings. The first-order valence-corrected chi connectivity index (χ1v) is 9.38. The Morgan fingerprint density at radius 3 is 2.57 bits per heavy atom. The number of hydrogen-bond donors (Lipinski definition) is 1. The maximum Gasteiger partial charge on any atom is 0.416 e. The van der Waals surface area contributed by atoms with E-state index in [1.165, 1.54) is 17.7 Å². The summed E-state index contributed by atoms with van der Waals surface area (Å²) in [6, 6.07) is 13.1. The van der Waals surface area contributed by atoms with Gasteiger partial charge >= 0.3 is 6.18 Å². The van der Waals surface area contributed by atoms with E-state index < -0.39 is 17.8 Å². The highest BCUT2D eigenvalue weighted by Crippen LogP contribution is 2.39. The van der Waals surface area contributed by atoms with E-state index in [1.807, 2.05) is 24.1 Å². The van der Waals surface area contributed by atoms with Crippen molar-refractivity contribution >= 4 is 5.69 Å². The van der Waals surface area contributed by atoms with Crippen molar-refractivity contribution in [3.05, 3.63) is 83.2 Å². The third-order valence-electron chi connectivity index (χ3n) is 4.92. The largest absolute Gasteiger partial charge is 0.416 e. The quantitative estimate of drug-likeness (QED) is 0.539. The summed E-state index contributed by atoms with van der Waals surface area (Å²) in [6.45, 7) is 2.14. The van der Waals surface area contributed by atoms with Gasteiger partial charge in [0.2, 0.25) is 0 Å². The molecule has 1 N–H and O–H groups in total. The van der Waals surface area contributed by atoms with E-state index in [2.05, 4.69) is 29.3 Å². The van der Waals surface area contributed by atoms with Gasteiger partial charge in [0.05, 0.1) is 17.8 Å². The van der Waals surface area contributed by atoms with Crippen molar-refractivity contribution in [1.82, 2.24) is 10.2 Å². The Morgan fingerprint density at radius 1 is 1.11 bits per heavy atom. The predicted octanol–water partition coefficient (Wildman–Crippen LogP) is 6.00. The monoisotopic (exact) mass is 387 g/mol. The molecule has 0 saturated carbocycles. The van der Waals surface area contributed by atoms with Crippen LogP contribution in [-0.2, 0) is 12.6 Å². The number of aromatic nitrogens is 2. The average molecular weight is 387 g/mol. The van der Waals surface area contributed by atoms with Gasteiger partial charge in [-0.3, -0.25) is 5.10 Å². The normalized spacial score (nSPS) is 12.8. The van der Waals surface area contributed by atoms with Crippen LogP contribution < -0.4 is 4.90 Å². The molecule has 0 aliphatic heterocycles. The van der Waals surface area contributed by atoms with Crippen LogP contribution in [0.4, 0.5) is 18.9 Å². The Morgan fingerprint density at radius 2 is 1.89 bits per heavy atom. The molecular formula is C22H24F3N3. The Hall–Kier alpha value is -2.76. The molecule has 6 heteroatoms. The number of benzene rings is 2. The van der Waals surface area contributed by atoms with Gasteiger partial charge in [0.15, 0.2) is 0 Å². The molecule has 0 fully saturated rings. The lowest BCUT2D eigenvalue weighted by Gasteiger charge is -2.32. The van der Waals surface area contributed by atoms with E-state index >= 15 is 0 Å². The van der Waals surface area contributed by atoms with Gasteiger partial charge in [-0.05, 0) is 42.2 Å². The van der Waals surface area contributed by atoms with Crippen LogP contribution in [0.1, 0.15) is 48.1 Å². The lowest BCUT2D eigenvalue weighted by atomic mass is 9.94. The molecule has 3 nitrogen and oxygen atoms in total. The fraction of sp³-hybridized carbons (Fsp3) is 0.318. The zero-order chi connectivity index (χ0) is 20.1. The molecule has 148 valence electrons. The van der Waals surface area contributed by atoms with Crippen molar-refractivity contribution in [3.8, 4) is 0 Å². The summed E-state index contributed by atoms with van der Waals surface area (Å²) in [5.74, 6) is 0. The van der Waals surface area contributed by atoms with Crippen LogP contribution in [-0.4, -0.2) is 17.2 Å². The Kier molecular flexibility index (Phi) is 6.07. The van der Waals surface area contributed by atoms with E-state index in [1.54, 1.807) is 18.5 Å². The Bertz CT molecular complexity index is 888. The highest BCUT2D eigenvalue weighted by Gasteiger charge is 2.36. The number of hydrogen-bond acceptors (Lipinski definition) is 2. The molecule has 0 spiro atoms. The molecule has 1 unspecified atom stereocenters. The molecule has 1 aromatic heterocycles. The number of anilines is 1. The average Bonchev–Trinajstić information content (AvgIpc) is 3.20. The first kappa shape index (κ1) is 20.0. The van der Waals surface area contributed by atoms with E-state index in [4.69, 9.17) is 0 Å². The van der Waals surface area contributed by atoms with Crippen LogP contribution in [0.25, 0.3) is 0 Å². The summed E-state index contributed by atoms with van der Waals surface area (Å²) in [6.07, 6.45) is 1.92. The van der Waals surface area contributed by atoms with Gasteiger partial charge in [0.25, 0.3) is 0 Å². The van der Waals surface area contributed by atoms with Crippen LogP contribution in [0.5, 0.6) is 0 Å². The molecule has 2 aromatic carbocycles. The number of aryl methyl sites for hydroxylation is 1. The standard InChI is InChI=1S/C22H24F3N3/c1-3-4-8-16-9-7-10-18(13-16)28(2)21(17-14-26-27-15-17)19-11-5-6-12-20(19)22(23,24)25/h5-7,9-15,21H,3-4,8H2,1-2H3,(H,26,27). The van der Waals surface area contributed by atoms with Crippen molar-refractivity contribution in [3.63, 3.8) is 0 Å². The first-order chi connectivity index (χ1) is 13.4. The highest BCUT2D eigenvalue weighted by molar-refractivity contribution is 5.54. The topological polar surface area (TPSA) is 31.9 Å². The van der Waals surface area contributed by atoms with Gasteiger partial charge in [0, 0.05) is 24.5 Å². The summed E-state index contributed by atoms with van der Waals surface area (Å²) in [5.41, 5.74) is 2.31. The Balaban J connectivity index is 2.06. The third-order valence-corrected chi connectivity index (χ3v) is 4.92. The number of nitrogens with one attached hydrogen (secondary N) is 1. The Labute approximate surface area is 163 Å². The molecule has 0 bridgehead atoms. The van der Waals surface area contributed by atoms with Gasteiger partial charge in [-0.2, -0.15) is 18.3 Å². The molecule has 3 rings (SSSR count). The van der Waals surface area contributed by atoms with Gasteiger partial charge in [-0.15, -0.1) is 0 Å². The number of rotatable bonds is 7. The van der Waals surface area contributed by atoms with Gasteiger partial charge < -0.3 is 4.90 Å². The minimum absolute atomic E-state index is 0.206. The minimum atomic E-state index is -4.43.